The van der Waals surface area contributed by atoms with Gasteiger partial charge in [0.15, 0.2) is 6.10 Å². The molecule has 0 aliphatic heterocycles. The summed E-state index contributed by atoms with van der Waals surface area (Å²) in [4.78, 5) is 12.4. The Labute approximate surface area is 149 Å². The minimum Gasteiger partial charge on any atom is -0.494 e. The van der Waals surface area contributed by atoms with Crippen molar-refractivity contribution in [2.75, 3.05) is 6.61 Å². The number of ether oxygens (including phenoxy) is 2. The molecule has 2 rings (SSSR count). The summed E-state index contributed by atoms with van der Waals surface area (Å²) in [5.41, 5.74) is -0.705. The average Bonchev–Trinajstić information content (AvgIpc) is 2.59. The first-order valence-electron chi connectivity index (χ1n) is 8.51. The molecule has 0 aromatic heterocycles. The summed E-state index contributed by atoms with van der Waals surface area (Å²) in [6.07, 6.45) is 5.38. The normalized spacial score (nSPS) is 12.3. The largest absolute Gasteiger partial charge is 0.494 e. The van der Waals surface area contributed by atoms with Crippen molar-refractivity contribution in [2.24, 2.45) is 0 Å². The monoisotopic (exact) mass is 339 g/mol. The molecule has 0 fully saturated rings. The number of carbonyl (C=O) groups excluding carboxylic acids is 1. The highest BCUT2D eigenvalue weighted by Crippen LogP contribution is 2.26. The lowest BCUT2D eigenvalue weighted by molar-refractivity contribution is -0.129. The highest BCUT2D eigenvalue weighted by molar-refractivity contribution is 5.86. The van der Waals surface area contributed by atoms with Crippen molar-refractivity contribution in [1.29, 1.82) is 0 Å². The van der Waals surface area contributed by atoms with Gasteiger partial charge in [0.1, 0.15) is 11.5 Å². The molecule has 4 nitrogen and oxygen atoms in total. The summed E-state index contributed by atoms with van der Waals surface area (Å²) < 4.78 is 11.4. The van der Waals surface area contributed by atoms with Crippen LogP contribution in [0.2, 0.25) is 0 Å². The van der Waals surface area contributed by atoms with E-state index in [0.717, 1.165) is 16.5 Å². The summed E-state index contributed by atoms with van der Waals surface area (Å²) in [5, 5.41) is 4.91. The lowest BCUT2D eigenvalue weighted by atomic mass is 10.1. The van der Waals surface area contributed by atoms with Crippen LogP contribution in [0.4, 0.5) is 0 Å². The van der Waals surface area contributed by atoms with Crippen LogP contribution in [0.15, 0.2) is 36.4 Å². The molecular formula is C21H25NO3. The van der Waals surface area contributed by atoms with Gasteiger partial charge in [0.25, 0.3) is 5.91 Å². The van der Waals surface area contributed by atoms with Crippen LogP contribution in [0.25, 0.3) is 10.8 Å². The van der Waals surface area contributed by atoms with E-state index in [4.69, 9.17) is 15.9 Å². The third-order valence-electron chi connectivity index (χ3n) is 3.83. The van der Waals surface area contributed by atoms with E-state index in [1.54, 1.807) is 13.8 Å². The van der Waals surface area contributed by atoms with Gasteiger partial charge < -0.3 is 14.8 Å². The number of fused-ring (bicyclic) bond motifs is 1. The number of rotatable bonds is 7. The van der Waals surface area contributed by atoms with Gasteiger partial charge in [0.2, 0.25) is 0 Å². The lowest BCUT2D eigenvalue weighted by Crippen LogP contribution is -2.48. The Morgan fingerprint density at radius 3 is 2.40 bits per heavy atom. The zero-order valence-corrected chi connectivity index (χ0v) is 15.3. The molecule has 1 atom stereocenters. The van der Waals surface area contributed by atoms with Gasteiger partial charge in [-0.1, -0.05) is 25.0 Å². The zero-order chi connectivity index (χ0) is 18.4. The van der Waals surface area contributed by atoms with E-state index in [0.29, 0.717) is 18.8 Å². The van der Waals surface area contributed by atoms with Gasteiger partial charge in [-0.2, -0.15) is 0 Å². The lowest BCUT2D eigenvalue weighted by Gasteiger charge is -2.24. The van der Waals surface area contributed by atoms with Crippen LogP contribution in [0.3, 0.4) is 0 Å². The van der Waals surface area contributed by atoms with E-state index in [1.807, 2.05) is 50.2 Å². The molecule has 25 heavy (non-hydrogen) atoms. The topological polar surface area (TPSA) is 47.6 Å². The molecule has 0 radical (unpaired) electrons. The second-order valence-electron chi connectivity index (χ2n) is 6.38. The average molecular weight is 339 g/mol. The van der Waals surface area contributed by atoms with Crippen molar-refractivity contribution in [3.63, 3.8) is 0 Å². The van der Waals surface area contributed by atoms with Gasteiger partial charge in [0, 0.05) is 0 Å². The molecule has 0 spiro atoms. The van der Waals surface area contributed by atoms with Crippen molar-refractivity contribution in [2.45, 2.75) is 45.8 Å². The maximum atomic E-state index is 12.4. The van der Waals surface area contributed by atoms with E-state index in [-0.39, 0.29) is 5.91 Å². The van der Waals surface area contributed by atoms with Crippen molar-refractivity contribution in [3.05, 3.63) is 36.4 Å². The zero-order valence-electron chi connectivity index (χ0n) is 15.3. The molecule has 0 aliphatic carbocycles. The molecule has 2 aromatic rings. The standard InChI is InChI=1S/C21H25NO3/c1-6-19(20(23)22-21(4,5)7-2)25-18-12-10-15-9-11-17(24-8-3)13-16(15)14-18/h2,9-14,19H,6,8H2,1,3-5H3,(H,22,23). The smallest absolute Gasteiger partial charge is 0.262 e. The molecule has 0 heterocycles. The highest BCUT2D eigenvalue weighted by Gasteiger charge is 2.24. The molecule has 0 aliphatic rings. The van der Waals surface area contributed by atoms with Crippen molar-refractivity contribution < 1.29 is 14.3 Å². The SMILES string of the molecule is C#CC(C)(C)NC(=O)C(CC)Oc1ccc2ccc(OCC)cc2c1. The Kier molecular flexibility index (Phi) is 5.93. The molecular weight excluding hydrogens is 314 g/mol. The second kappa shape index (κ2) is 7.94. The van der Waals surface area contributed by atoms with Crippen molar-refractivity contribution >= 4 is 16.7 Å². The van der Waals surface area contributed by atoms with Crippen LogP contribution in [0, 0.1) is 12.3 Å². The first kappa shape index (κ1) is 18.7. The summed E-state index contributed by atoms with van der Waals surface area (Å²) >= 11 is 0. The summed E-state index contributed by atoms with van der Waals surface area (Å²) in [7, 11) is 0. The predicted molar refractivity (Wildman–Crippen MR) is 101 cm³/mol. The molecule has 0 saturated carbocycles. The van der Waals surface area contributed by atoms with Crippen LogP contribution in [-0.2, 0) is 4.79 Å². The highest BCUT2D eigenvalue weighted by atomic mass is 16.5. The number of benzene rings is 2. The van der Waals surface area contributed by atoms with Crippen LogP contribution in [-0.4, -0.2) is 24.2 Å². The van der Waals surface area contributed by atoms with Crippen LogP contribution >= 0.6 is 0 Å². The number of hydrogen-bond acceptors (Lipinski definition) is 3. The molecule has 1 unspecified atom stereocenters. The number of nitrogens with one attached hydrogen (secondary N) is 1. The van der Waals surface area contributed by atoms with Gasteiger partial charge in [-0.15, -0.1) is 6.42 Å². The third-order valence-corrected chi connectivity index (χ3v) is 3.83. The number of hydrogen-bond donors (Lipinski definition) is 1. The molecule has 1 amide bonds. The van der Waals surface area contributed by atoms with Crippen molar-refractivity contribution in [3.8, 4) is 23.8 Å². The van der Waals surface area contributed by atoms with E-state index in [9.17, 15) is 4.79 Å². The molecule has 0 bridgehead atoms. The fraction of sp³-hybridized carbons (Fsp3) is 0.381. The first-order valence-corrected chi connectivity index (χ1v) is 8.51. The third kappa shape index (κ3) is 4.90. The van der Waals surface area contributed by atoms with Crippen LogP contribution in [0.1, 0.15) is 34.1 Å². The van der Waals surface area contributed by atoms with Crippen molar-refractivity contribution in [1.82, 2.24) is 5.32 Å². The Bertz CT molecular complexity index is 789. The van der Waals surface area contributed by atoms with Gasteiger partial charge in [-0.05, 0) is 62.2 Å². The van der Waals surface area contributed by atoms with E-state index in [1.165, 1.54) is 0 Å². The minimum absolute atomic E-state index is 0.214. The fourth-order valence-corrected chi connectivity index (χ4v) is 2.44. The Hall–Kier alpha value is -2.67. The van der Waals surface area contributed by atoms with E-state index < -0.39 is 11.6 Å². The van der Waals surface area contributed by atoms with Gasteiger partial charge in [-0.3, -0.25) is 4.79 Å². The van der Waals surface area contributed by atoms with Gasteiger partial charge in [0.05, 0.1) is 12.1 Å². The molecule has 4 heteroatoms. The maximum absolute atomic E-state index is 12.4. The number of carbonyl (C=O) groups is 1. The second-order valence-corrected chi connectivity index (χ2v) is 6.38. The quantitative estimate of drug-likeness (QED) is 0.778. The molecule has 0 saturated heterocycles. The Balaban J connectivity index is 2.19. The number of terminal acetylenes is 1. The number of amides is 1. The first-order chi connectivity index (χ1) is 11.9. The Morgan fingerprint density at radius 2 is 1.80 bits per heavy atom. The molecule has 1 N–H and O–H groups in total. The predicted octanol–water partition coefficient (Wildman–Crippen LogP) is 3.92. The van der Waals surface area contributed by atoms with Gasteiger partial charge in [-0.25, -0.2) is 0 Å². The van der Waals surface area contributed by atoms with Gasteiger partial charge >= 0.3 is 0 Å². The minimum atomic E-state index is -0.705. The maximum Gasteiger partial charge on any atom is 0.262 e. The summed E-state index contributed by atoms with van der Waals surface area (Å²) in [6.45, 7) is 8.03. The Morgan fingerprint density at radius 1 is 1.16 bits per heavy atom. The molecule has 132 valence electrons. The van der Waals surface area contributed by atoms with Crippen LogP contribution < -0.4 is 14.8 Å². The van der Waals surface area contributed by atoms with E-state index in [2.05, 4.69) is 11.2 Å². The summed E-state index contributed by atoms with van der Waals surface area (Å²) in [6, 6.07) is 11.7. The summed E-state index contributed by atoms with van der Waals surface area (Å²) in [5.74, 6) is 3.79. The van der Waals surface area contributed by atoms with Crippen LogP contribution in [0.5, 0.6) is 11.5 Å². The van der Waals surface area contributed by atoms with E-state index >= 15 is 0 Å². The molecule has 2 aromatic carbocycles. The fourth-order valence-electron chi connectivity index (χ4n) is 2.44.